The highest BCUT2D eigenvalue weighted by molar-refractivity contribution is 6.31. The molecular formula is C14H18ClNO2. The Balaban J connectivity index is 2.06. The second-order valence-electron chi connectivity index (χ2n) is 4.95. The maximum Gasteiger partial charge on any atom is 0.308 e. The Labute approximate surface area is 112 Å². The predicted molar refractivity (Wildman–Crippen MR) is 71.7 cm³/mol. The van der Waals surface area contributed by atoms with Crippen molar-refractivity contribution in [3.05, 3.63) is 34.9 Å². The maximum absolute atomic E-state index is 11.2. The first-order valence-corrected chi connectivity index (χ1v) is 6.64. The van der Waals surface area contributed by atoms with Crippen LogP contribution in [0.3, 0.4) is 0 Å². The summed E-state index contributed by atoms with van der Waals surface area (Å²) in [4.78, 5) is 13.3. The summed E-state index contributed by atoms with van der Waals surface area (Å²) < 4.78 is 0. The van der Waals surface area contributed by atoms with Gasteiger partial charge in [0.05, 0.1) is 5.92 Å². The van der Waals surface area contributed by atoms with Crippen LogP contribution in [0.1, 0.15) is 24.8 Å². The monoisotopic (exact) mass is 267 g/mol. The summed E-state index contributed by atoms with van der Waals surface area (Å²) in [5, 5.41) is 9.95. The number of benzene rings is 1. The molecule has 1 saturated carbocycles. The summed E-state index contributed by atoms with van der Waals surface area (Å²) >= 11 is 6.13. The smallest absolute Gasteiger partial charge is 0.308 e. The van der Waals surface area contributed by atoms with Gasteiger partial charge in [-0.15, -0.1) is 0 Å². The minimum atomic E-state index is -0.677. The highest BCUT2D eigenvalue weighted by atomic mass is 35.5. The third-order valence-electron chi connectivity index (χ3n) is 3.74. The average molecular weight is 268 g/mol. The first kappa shape index (κ1) is 13.4. The summed E-state index contributed by atoms with van der Waals surface area (Å²) in [7, 11) is 1.98. The molecule has 3 nitrogen and oxygen atoms in total. The minimum Gasteiger partial charge on any atom is -0.481 e. The van der Waals surface area contributed by atoms with Gasteiger partial charge in [-0.25, -0.2) is 0 Å². The summed E-state index contributed by atoms with van der Waals surface area (Å²) in [5.41, 5.74) is 1.05. The summed E-state index contributed by atoms with van der Waals surface area (Å²) in [6.07, 6.45) is 2.74. The van der Waals surface area contributed by atoms with Crippen molar-refractivity contribution in [2.45, 2.75) is 31.8 Å². The molecule has 0 aliphatic heterocycles. The molecular weight excluding hydrogens is 250 g/mol. The third-order valence-corrected chi connectivity index (χ3v) is 4.11. The third kappa shape index (κ3) is 2.85. The van der Waals surface area contributed by atoms with E-state index in [1.165, 1.54) is 0 Å². The Morgan fingerprint density at radius 2 is 2.17 bits per heavy atom. The molecule has 18 heavy (non-hydrogen) atoms. The number of nitrogens with zero attached hydrogens (tertiary/aromatic N) is 1. The summed E-state index contributed by atoms with van der Waals surface area (Å²) in [6.45, 7) is 0.702. The van der Waals surface area contributed by atoms with Crippen LogP contribution in [0.25, 0.3) is 0 Å². The van der Waals surface area contributed by atoms with Crippen LogP contribution in [0, 0.1) is 5.92 Å². The summed E-state index contributed by atoms with van der Waals surface area (Å²) in [5.74, 6) is -0.916. The van der Waals surface area contributed by atoms with Gasteiger partial charge in [-0.05, 0) is 31.5 Å². The van der Waals surface area contributed by atoms with Crippen molar-refractivity contribution in [2.75, 3.05) is 7.05 Å². The van der Waals surface area contributed by atoms with Crippen LogP contribution in [0.2, 0.25) is 5.02 Å². The van der Waals surface area contributed by atoms with Crippen molar-refractivity contribution in [1.82, 2.24) is 4.90 Å². The highest BCUT2D eigenvalue weighted by Gasteiger charge is 2.35. The fourth-order valence-electron chi connectivity index (χ4n) is 2.77. The van der Waals surface area contributed by atoms with Crippen molar-refractivity contribution in [1.29, 1.82) is 0 Å². The second kappa shape index (κ2) is 5.72. The van der Waals surface area contributed by atoms with Crippen LogP contribution in [0.4, 0.5) is 0 Å². The van der Waals surface area contributed by atoms with Crippen LogP contribution in [0.5, 0.6) is 0 Å². The van der Waals surface area contributed by atoms with Gasteiger partial charge in [0.2, 0.25) is 0 Å². The van der Waals surface area contributed by atoms with Gasteiger partial charge >= 0.3 is 5.97 Å². The quantitative estimate of drug-likeness (QED) is 0.912. The van der Waals surface area contributed by atoms with E-state index in [4.69, 9.17) is 11.6 Å². The van der Waals surface area contributed by atoms with E-state index in [2.05, 4.69) is 4.90 Å². The van der Waals surface area contributed by atoms with E-state index in [1.54, 1.807) is 0 Å². The van der Waals surface area contributed by atoms with Gasteiger partial charge < -0.3 is 5.11 Å². The van der Waals surface area contributed by atoms with E-state index in [9.17, 15) is 9.90 Å². The molecule has 0 radical (unpaired) electrons. The number of rotatable bonds is 4. The predicted octanol–water partition coefficient (Wildman–Crippen LogP) is 3.03. The molecule has 0 spiro atoms. The molecule has 1 aliphatic rings. The molecule has 0 aromatic heterocycles. The lowest BCUT2D eigenvalue weighted by molar-refractivity contribution is -0.143. The number of aliphatic carboxylic acids is 1. The molecule has 0 saturated heterocycles. The number of hydrogen-bond donors (Lipinski definition) is 1. The first-order chi connectivity index (χ1) is 8.59. The molecule has 1 aromatic rings. The largest absolute Gasteiger partial charge is 0.481 e. The van der Waals surface area contributed by atoms with Gasteiger partial charge in [-0.2, -0.15) is 0 Å². The molecule has 2 atom stereocenters. The zero-order valence-corrected chi connectivity index (χ0v) is 11.2. The Morgan fingerprint density at radius 3 is 2.83 bits per heavy atom. The van der Waals surface area contributed by atoms with Crippen LogP contribution in [0.15, 0.2) is 24.3 Å². The highest BCUT2D eigenvalue weighted by Crippen LogP contribution is 2.31. The fraction of sp³-hybridized carbons (Fsp3) is 0.500. The van der Waals surface area contributed by atoms with Gasteiger partial charge in [0.1, 0.15) is 0 Å². The molecule has 0 bridgehead atoms. The van der Waals surface area contributed by atoms with Crippen LogP contribution < -0.4 is 0 Å². The molecule has 1 aromatic carbocycles. The summed E-state index contributed by atoms with van der Waals surface area (Å²) in [6, 6.07) is 7.84. The fourth-order valence-corrected chi connectivity index (χ4v) is 2.96. The van der Waals surface area contributed by atoms with Crippen LogP contribution in [-0.4, -0.2) is 29.1 Å². The Hall–Kier alpha value is -1.06. The lowest BCUT2D eigenvalue weighted by Gasteiger charge is -2.28. The minimum absolute atomic E-state index is 0.124. The Morgan fingerprint density at radius 1 is 1.44 bits per heavy atom. The number of halogens is 1. The standard InChI is InChI=1S/C14H18ClNO2/c1-16(9-10-5-2-3-7-12(10)15)13-8-4-6-11(13)14(17)18/h2-3,5,7,11,13H,4,6,8-9H2,1H3,(H,17,18). The van der Waals surface area contributed by atoms with Crippen molar-refractivity contribution in [3.8, 4) is 0 Å². The molecule has 1 fully saturated rings. The van der Waals surface area contributed by atoms with Crippen molar-refractivity contribution in [3.63, 3.8) is 0 Å². The van der Waals surface area contributed by atoms with E-state index in [-0.39, 0.29) is 12.0 Å². The van der Waals surface area contributed by atoms with Gasteiger partial charge in [0.25, 0.3) is 0 Å². The van der Waals surface area contributed by atoms with Gasteiger partial charge in [0, 0.05) is 17.6 Å². The van der Waals surface area contributed by atoms with Crippen molar-refractivity contribution < 1.29 is 9.90 Å². The molecule has 2 rings (SSSR count). The van der Waals surface area contributed by atoms with Crippen molar-refractivity contribution in [2.24, 2.45) is 5.92 Å². The lowest BCUT2D eigenvalue weighted by atomic mass is 10.0. The molecule has 2 unspecified atom stereocenters. The molecule has 98 valence electrons. The van der Waals surface area contributed by atoms with E-state index in [0.717, 1.165) is 29.8 Å². The number of hydrogen-bond acceptors (Lipinski definition) is 2. The van der Waals surface area contributed by atoms with E-state index in [1.807, 2.05) is 31.3 Å². The van der Waals surface area contributed by atoms with Gasteiger partial charge in [-0.3, -0.25) is 9.69 Å². The Bertz CT molecular complexity index is 436. The average Bonchev–Trinajstić information content (AvgIpc) is 2.81. The Kier molecular flexibility index (Phi) is 4.25. The van der Waals surface area contributed by atoms with E-state index < -0.39 is 5.97 Å². The lowest BCUT2D eigenvalue weighted by Crippen LogP contribution is -2.37. The SMILES string of the molecule is CN(Cc1ccccc1Cl)C1CCCC1C(=O)O. The normalized spacial score (nSPS) is 23.5. The molecule has 1 aliphatic carbocycles. The molecule has 4 heteroatoms. The van der Waals surface area contributed by atoms with Crippen LogP contribution in [-0.2, 0) is 11.3 Å². The molecule has 0 amide bonds. The first-order valence-electron chi connectivity index (χ1n) is 6.26. The number of carboxylic acid groups (broad SMARTS) is 1. The maximum atomic E-state index is 11.2. The zero-order valence-electron chi connectivity index (χ0n) is 10.5. The molecule has 1 N–H and O–H groups in total. The van der Waals surface area contributed by atoms with Gasteiger partial charge in [0.15, 0.2) is 0 Å². The topological polar surface area (TPSA) is 40.5 Å². The number of carbonyl (C=O) groups is 1. The van der Waals surface area contributed by atoms with E-state index >= 15 is 0 Å². The van der Waals surface area contributed by atoms with Crippen LogP contribution >= 0.6 is 11.6 Å². The number of carboxylic acids is 1. The van der Waals surface area contributed by atoms with Crippen molar-refractivity contribution >= 4 is 17.6 Å². The van der Waals surface area contributed by atoms with Gasteiger partial charge in [-0.1, -0.05) is 36.2 Å². The second-order valence-corrected chi connectivity index (χ2v) is 5.36. The zero-order chi connectivity index (χ0) is 13.1. The molecule has 0 heterocycles. The van der Waals surface area contributed by atoms with E-state index in [0.29, 0.717) is 6.54 Å².